The number of hydrogen-bond acceptors (Lipinski definition) is 5. The number of allylic oxidation sites excluding steroid dienone is 1. The lowest BCUT2D eigenvalue weighted by Crippen LogP contribution is -2.48. The highest BCUT2D eigenvalue weighted by molar-refractivity contribution is 6.08. The van der Waals surface area contributed by atoms with Gasteiger partial charge in [0.05, 0.1) is 23.8 Å². The summed E-state index contributed by atoms with van der Waals surface area (Å²) in [7, 11) is 0. The highest BCUT2D eigenvalue weighted by Gasteiger charge is 2.35. The SMILES string of the molecule is CC1=CC(C)(C)N(C(=O)/C=C/c2ccco2)c2ccc(OC(=O)/C=C\c3ccco3)cc21. The lowest BCUT2D eigenvalue weighted by atomic mass is 9.88. The van der Waals surface area contributed by atoms with E-state index in [1.165, 1.54) is 18.4 Å². The number of hydrogen-bond donors (Lipinski definition) is 0. The molecule has 4 rings (SSSR count). The number of amides is 1. The summed E-state index contributed by atoms with van der Waals surface area (Å²) in [6.07, 6.45) is 11.1. The van der Waals surface area contributed by atoms with Gasteiger partial charge in [0.1, 0.15) is 17.3 Å². The molecule has 3 heterocycles. The number of ether oxygens (including phenoxy) is 1. The predicted molar refractivity (Wildman–Crippen MR) is 123 cm³/mol. The quantitative estimate of drug-likeness (QED) is 0.294. The monoisotopic (exact) mass is 429 g/mol. The molecule has 0 bridgehead atoms. The summed E-state index contributed by atoms with van der Waals surface area (Å²) >= 11 is 0. The van der Waals surface area contributed by atoms with Crippen molar-refractivity contribution in [1.82, 2.24) is 0 Å². The molecule has 0 N–H and O–H groups in total. The molecule has 2 aromatic heterocycles. The van der Waals surface area contributed by atoms with E-state index in [9.17, 15) is 9.59 Å². The molecule has 162 valence electrons. The van der Waals surface area contributed by atoms with Crippen LogP contribution >= 0.6 is 0 Å². The van der Waals surface area contributed by atoms with E-state index >= 15 is 0 Å². The summed E-state index contributed by atoms with van der Waals surface area (Å²) < 4.78 is 15.9. The maximum atomic E-state index is 13.1. The van der Waals surface area contributed by atoms with Crippen LogP contribution in [0.25, 0.3) is 17.7 Å². The molecular formula is C26H23NO5. The first kappa shape index (κ1) is 21.2. The Morgan fingerprint density at radius 2 is 1.62 bits per heavy atom. The third-order valence-electron chi connectivity index (χ3n) is 5.08. The Bertz CT molecular complexity index is 1210. The van der Waals surface area contributed by atoms with Crippen LogP contribution in [0, 0.1) is 0 Å². The fourth-order valence-corrected chi connectivity index (χ4v) is 3.78. The number of rotatable bonds is 5. The second-order valence-electron chi connectivity index (χ2n) is 7.95. The Hall–Kier alpha value is -4.06. The minimum atomic E-state index is -0.536. The van der Waals surface area contributed by atoms with Crippen molar-refractivity contribution in [3.63, 3.8) is 0 Å². The molecule has 6 nitrogen and oxygen atoms in total. The Morgan fingerprint density at radius 3 is 2.25 bits per heavy atom. The minimum absolute atomic E-state index is 0.178. The second kappa shape index (κ2) is 8.59. The predicted octanol–water partition coefficient (Wildman–Crippen LogP) is 5.73. The first-order chi connectivity index (χ1) is 15.3. The van der Waals surface area contributed by atoms with E-state index in [1.54, 1.807) is 65.8 Å². The molecule has 1 aliphatic rings. The van der Waals surface area contributed by atoms with Gasteiger partial charge in [0.15, 0.2) is 0 Å². The summed E-state index contributed by atoms with van der Waals surface area (Å²) in [6, 6.07) is 12.3. The zero-order valence-electron chi connectivity index (χ0n) is 18.1. The molecule has 3 aromatic rings. The van der Waals surface area contributed by atoms with Gasteiger partial charge in [-0.05, 0) is 81.0 Å². The summed E-state index contributed by atoms with van der Waals surface area (Å²) in [6.45, 7) is 5.93. The Balaban J connectivity index is 1.58. The summed E-state index contributed by atoms with van der Waals surface area (Å²) in [5, 5.41) is 0. The third-order valence-corrected chi connectivity index (χ3v) is 5.08. The van der Waals surface area contributed by atoms with Crippen molar-refractivity contribution in [2.75, 3.05) is 4.90 Å². The minimum Gasteiger partial charge on any atom is -0.465 e. The lowest BCUT2D eigenvalue weighted by Gasteiger charge is -2.41. The van der Waals surface area contributed by atoms with Crippen molar-refractivity contribution < 1.29 is 23.2 Å². The molecule has 0 radical (unpaired) electrons. The smallest absolute Gasteiger partial charge is 0.336 e. The molecular weight excluding hydrogens is 406 g/mol. The van der Waals surface area contributed by atoms with Gasteiger partial charge < -0.3 is 13.6 Å². The normalized spacial score (nSPS) is 15.1. The molecule has 0 spiro atoms. The van der Waals surface area contributed by atoms with Gasteiger partial charge in [-0.3, -0.25) is 9.69 Å². The van der Waals surface area contributed by atoms with Crippen LogP contribution in [0.15, 0.2) is 82.1 Å². The standard InChI is InChI=1S/C26H23NO5/c1-18-17-26(2,3)27(24(28)12-9-19-6-4-14-30-19)23-11-8-21(16-22(18)23)32-25(29)13-10-20-7-5-15-31-20/h4-17H,1-3H3/b12-9+,13-10-. The Morgan fingerprint density at radius 1 is 0.969 bits per heavy atom. The van der Waals surface area contributed by atoms with Crippen molar-refractivity contribution in [3.05, 3.63) is 90.3 Å². The number of furan rings is 2. The fourth-order valence-electron chi connectivity index (χ4n) is 3.78. The maximum Gasteiger partial charge on any atom is 0.336 e. The van der Waals surface area contributed by atoms with Crippen LogP contribution in [0.3, 0.4) is 0 Å². The maximum absolute atomic E-state index is 13.1. The highest BCUT2D eigenvalue weighted by atomic mass is 16.5. The van der Waals surface area contributed by atoms with Crippen molar-refractivity contribution in [2.45, 2.75) is 26.3 Å². The third kappa shape index (κ3) is 4.49. The number of anilines is 1. The molecule has 6 heteroatoms. The van der Waals surface area contributed by atoms with Crippen LogP contribution in [0.2, 0.25) is 0 Å². The lowest BCUT2D eigenvalue weighted by molar-refractivity contribution is -0.129. The van der Waals surface area contributed by atoms with E-state index in [4.69, 9.17) is 13.6 Å². The van der Waals surface area contributed by atoms with Gasteiger partial charge >= 0.3 is 5.97 Å². The Labute approximate surface area is 186 Å². The number of benzene rings is 1. The van der Waals surface area contributed by atoms with Crippen LogP contribution in [0.1, 0.15) is 37.9 Å². The molecule has 1 amide bonds. The van der Waals surface area contributed by atoms with Gasteiger partial charge in [-0.2, -0.15) is 0 Å². The molecule has 0 atom stereocenters. The summed E-state index contributed by atoms with van der Waals surface area (Å²) in [4.78, 5) is 27.0. The van der Waals surface area contributed by atoms with Crippen LogP contribution in [0.4, 0.5) is 5.69 Å². The van der Waals surface area contributed by atoms with Crippen LogP contribution in [-0.4, -0.2) is 17.4 Å². The van der Waals surface area contributed by atoms with E-state index in [2.05, 4.69) is 0 Å². The van der Waals surface area contributed by atoms with Crippen molar-refractivity contribution >= 4 is 35.3 Å². The van der Waals surface area contributed by atoms with Gasteiger partial charge in [0, 0.05) is 17.7 Å². The van der Waals surface area contributed by atoms with Crippen LogP contribution < -0.4 is 9.64 Å². The summed E-state index contributed by atoms with van der Waals surface area (Å²) in [5.74, 6) is 0.856. The molecule has 0 saturated carbocycles. The summed E-state index contributed by atoms with van der Waals surface area (Å²) in [5.41, 5.74) is 2.03. The number of nitrogens with zero attached hydrogens (tertiary/aromatic N) is 1. The van der Waals surface area contributed by atoms with E-state index in [1.807, 2.05) is 26.8 Å². The van der Waals surface area contributed by atoms with Gasteiger partial charge in [-0.25, -0.2) is 4.79 Å². The van der Waals surface area contributed by atoms with E-state index < -0.39 is 11.5 Å². The molecule has 0 aliphatic carbocycles. The molecule has 1 aromatic carbocycles. The molecule has 32 heavy (non-hydrogen) atoms. The zero-order valence-corrected chi connectivity index (χ0v) is 18.1. The Kier molecular flexibility index (Phi) is 5.69. The average Bonchev–Trinajstić information content (AvgIpc) is 3.45. The van der Waals surface area contributed by atoms with Gasteiger partial charge in [-0.15, -0.1) is 0 Å². The topological polar surface area (TPSA) is 72.9 Å². The zero-order chi connectivity index (χ0) is 22.7. The number of fused-ring (bicyclic) bond motifs is 1. The first-order valence-electron chi connectivity index (χ1n) is 10.2. The van der Waals surface area contributed by atoms with Crippen molar-refractivity contribution in [3.8, 4) is 5.75 Å². The van der Waals surface area contributed by atoms with Crippen LogP contribution in [0.5, 0.6) is 5.75 Å². The van der Waals surface area contributed by atoms with E-state index in [0.29, 0.717) is 17.3 Å². The molecule has 0 fully saturated rings. The van der Waals surface area contributed by atoms with Crippen molar-refractivity contribution in [1.29, 1.82) is 0 Å². The van der Waals surface area contributed by atoms with E-state index in [0.717, 1.165) is 16.8 Å². The van der Waals surface area contributed by atoms with E-state index in [-0.39, 0.29) is 5.91 Å². The van der Waals surface area contributed by atoms with Crippen LogP contribution in [-0.2, 0) is 9.59 Å². The van der Waals surface area contributed by atoms with Gasteiger partial charge in [-0.1, -0.05) is 6.08 Å². The fraction of sp³-hybridized carbons (Fsp3) is 0.154. The van der Waals surface area contributed by atoms with Crippen molar-refractivity contribution in [2.24, 2.45) is 0 Å². The van der Waals surface area contributed by atoms with Gasteiger partial charge in [0.25, 0.3) is 5.91 Å². The average molecular weight is 429 g/mol. The number of carbonyl (C=O) groups is 2. The largest absolute Gasteiger partial charge is 0.465 e. The first-order valence-corrected chi connectivity index (χ1v) is 10.2. The molecule has 1 aliphatic heterocycles. The highest BCUT2D eigenvalue weighted by Crippen LogP contribution is 2.40. The molecule has 0 unspecified atom stereocenters. The second-order valence-corrected chi connectivity index (χ2v) is 7.95. The van der Waals surface area contributed by atoms with Gasteiger partial charge in [0.2, 0.25) is 0 Å². The number of carbonyl (C=O) groups excluding carboxylic acids is 2. The molecule has 0 saturated heterocycles. The number of esters is 1.